The van der Waals surface area contributed by atoms with Gasteiger partial charge in [0, 0.05) is 26.1 Å². The molecule has 1 amide bonds. The molecule has 0 aromatic rings. The third kappa shape index (κ3) is 6.89. The van der Waals surface area contributed by atoms with Gasteiger partial charge in [0.2, 0.25) is 5.91 Å². The minimum absolute atomic E-state index is 0.0691. The van der Waals surface area contributed by atoms with Gasteiger partial charge in [0.1, 0.15) is 0 Å². The Morgan fingerprint density at radius 1 is 1.43 bits per heavy atom. The third-order valence-corrected chi connectivity index (χ3v) is 2.03. The number of carbonyl (C=O) groups excluding carboxylic acids is 1. The number of rotatable bonds is 4. The van der Waals surface area contributed by atoms with Crippen molar-refractivity contribution in [2.24, 2.45) is 11.1 Å². The Labute approximate surface area is 87.6 Å². The van der Waals surface area contributed by atoms with Gasteiger partial charge in [0.25, 0.3) is 0 Å². The standard InChI is InChI=1S/C11H24N2O/c1-9(12)6-7-13(5)10(14)8-11(2,3)4/h9H,6-8,12H2,1-5H3. The second-order valence-corrected chi connectivity index (χ2v) is 5.32. The van der Waals surface area contributed by atoms with Gasteiger partial charge in [-0.15, -0.1) is 0 Å². The van der Waals surface area contributed by atoms with Gasteiger partial charge in [-0.05, 0) is 18.8 Å². The summed E-state index contributed by atoms with van der Waals surface area (Å²) in [5, 5.41) is 0. The van der Waals surface area contributed by atoms with Gasteiger partial charge in [-0.1, -0.05) is 20.8 Å². The Kier molecular flexibility index (Phi) is 5.13. The molecule has 0 fully saturated rings. The van der Waals surface area contributed by atoms with E-state index in [1.54, 1.807) is 4.90 Å². The molecule has 0 aromatic carbocycles. The summed E-state index contributed by atoms with van der Waals surface area (Å²) in [4.78, 5) is 13.4. The van der Waals surface area contributed by atoms with Crippen molar-refractivity contribution in [3.8, 4) is 0 Å². The molecule has 1 atom stereocenters. The van der Waals surface area contributed by atoms with Gasteiger partial charge in [0.05, 0.1) is 0 Å². The van der Waals surface area contributed by atoms with E-state index in [0.717, 1.165) is 13.0 Å². The van der Waals surface area contributed by atoms with Crippen LogP contribution in [0.3, 0.4) is 0 Å². The molecule has 0 aliphatic rings. The predicted octanol–water partition coefficient (Wildman–Crippen LogP) is 1.62. The zero-order valence-corrected chi connectivity index (χ0v) is 10.1. The summed E-state index contributed by atoms with van der Waals surface area (Å²) in [6, 6.07) is 0.167. The lowest BCUT2D eigenvalue weighted by molar-refractivity contribution is -0.131. The summed E-state index contributed by atoms with van der Waals surface area (Å²) < 4.78 is 0. The summed E-state index contributed by atoms with van der Waals surface area (Å²) in [6.45, 7) is 8.94. The summed E-state index contributed by atoms with van der Waals surface area (Å²) in [5.74, 6) is 0.207. The lowest BCUT2D eigenvalue weighted by Gasteiger charge is -2.23. The Bertz CT molecular complexity index is 182. The van der Waals surface area contributed by atoms with E-state index in [9.17, 15) is 4.79 Å². The van der Waals surface area contributed by atoms with Gasteiger partial charge in [0.15, 0.2) is 0 Å². The highest BCUT2D eigenvalue weighted by Gasteiger charge is 2.18. The smallest absolute Gasteiger partial charge is 0.222 e. The molecule has 14 heavy (non-hydrogen) atoms. The van der Waals surface area contributed by atoms with Crippen LogP contribution in [-0.4, -0.2) is 30.4 Å². The van der Waals surface area contributed by atoms with Crippen LogP contribution in [0.2, 0.25) is 0 Å². The van der Waals surface area contributed by atoms with Crippen molar-refractivity contribution in [1.29, 1.82) is 0 Å². The van der Waals surface area contributed by atoms with E-state index in [-0.39, 0.29) is 17.4 Å². The van der Waals surface area contributed by atoms with Crippen molar-refractivity contribution in [2.45, 2.75) is 46.6 Å². The molecule has 0 saturated heterocycles. The van der Waals surface area contributed by atoms with Crippen molar-refractivity contribution in [3.63, 3.8) is 0 Å². The van der Waals surface area contributed by atoms with Crippen molar-refractivity contribution in [1.82, 2.24) is 4.90 Å². The molecule has 2 N–H and O–H groups in total. The summed E-state index contributed by atoms with van der Waals surface area (Å²) in [6.07, 6.45) is 1.47. The largest absolute Gasteiger partial charge is 0.346 e. The molecule has 0 saturated carbocycles. The zero-order chi connectivity index (χ0) is 11.4. The monoisotopic (exact) mass is 200 g/mol. The molecule has 0 aliphatic carbocycles. The van der Waals surface area contributed by atoms with E-state index in [1.165, 1.54) is 0 Å². The van der Waals surface area contributed by atoms with E-state index in [4.69, 9.17) is 5.73 Å². The van der Waals surface area contributed by atoms with E-state index in [2.05, 4.69) is 20.8 Å². The minimum atomic E-state index is 0.0691. The summed E-state index contributed by atoms with van der Waals surface area (Å²) in [5.41, 5.74) is 5.70. The maximum Gasteiger partial charge on any atom is 0.222 e. The molecule has 3 nitrogen and oxygen atoms in total. The highest BCUT2D eigenvalue weighted by atomic mass is 16.2. The van der Waals surface area contributed by atoms with Gasteiger partial charge >= 0.3 is 0 Å². The maximum absolute atomic E-state index is 11.7. The first-order valence-corrected chi connectivity index (χ1v) is 5.22. The average molecular weight is 200 g/mol. The van der Waals surface area contributed by atoms with Crippen LogP contribution in [0.25, 0.3) is 0 Å². The van der Waals surface area contributed by atoms with Crippen LogP contribution in [0.15, 0.2) is 0 Å². The van der Waals surface area contributed by atoms with E-state index >= 15 is 0 Å². The van der Waals surface area contributed by atoms with E-state index < -0.39 is 0 Å². The third-order valence-electron chi connectivity index (χ3n) is 2.03. The fourth-order valence-corrected chi connectivity index (χ4v) is 1.11. The fraction of sp³-hybridized carbons (Fsp3) is 0.909. The first-order chi connectivity index (χ1) is 6.22. The van der Waals surface area contributed by atoms with Gasteiger partial charge in [-0.25, -0.2) is 0 Å². The van der Waals surface area contributed by atoms with E-state index in [0.29, 0.717) is 6.42 Å². The zero-order valence-electron chi connectivity index (χ0n) is 10.1. The van der Waals surface area contributed by atoms with Crippen molar-refractivity contribution < 1.29 is 4.79 Å². The number of carbonyl (C=O) groups is 1. The van der Waals surface area contributed by atoms with Crippen LogP contribution in [0, 0.1) is 5.41 Å². The molecule has 0 heterocycles. The molecule has 0 spiro atoms. The summed E-state index contributed by atoms with van der Waals surface area (Å²) in [7, 11) is 1.84. The first-order valence-electron chi connectivity index (χ1n) is 5.22. The normalized spacial score (nSPS) is 13.9. The van der Waals surface area contributed by atoms with Crippen molar-refractivity contribution in [2.75, 3.05) is 13.6 Å². The fourth-order valence-electron chi connectivity index (χ4n) is 1.11. The topological polar surface area (TPSA) is 46.3 Å². The number of nitrogens with two attached hydrogens (primary N) is 1. The highest BCUT2D eigenvalue weighted by Crippen LogP contribution is 2.19. The molecular formula is C11H24N2O. The lowest BCUT2D eigenvalue weighted by atomic mass is 9.91. The second-order valence-electron chi connectivity index (χ2n) is 5.32. The van der Waals surface area contributed by atoms with Crippen molar-refractivity contribution in [3.05, 3.63) is 0 Å². The molecule has 3 heteroatoms. The maximum atomic E-state index is 11.7. The molecule has 84 valence electrons. The molecule has 0 bridgehead atoms. The quantitative estimate of drug-likeness (QED) is 0.749. The van der Waals surface area contributed by atoms with Crippen LogP contribution in [-0.2, 0) is 4.79 Å². The van der Waals surface area contributed by atoms with Crippen LogP contribution < -0.4 is 5.73 Å². The number of hydrogen-bond donors (Lipinski definition) is 1. The Morgan fingerprint density at radius 2 is 1.93 bits per heavy atom. The highest BCUT2D eigenvalue weighted by molar-refractivity contribution is 5.76. The first kappa shape index (κ1) is 13.4. The summed E-state index contributed by atoms with van der Waals surface area (Å²) >= 11 is 0. The molecular weight excluding hydrogens is 176 g/mol. The lowest BCUT2D eigenvalue weighted by Crippen LogP contribution is -2.33. The van der Waals surface area contributed by atoms with Gasteiger partial charge in [-0.3, -0.25) is 4.79 Å². The molecule has 0 rings (SSSR count). The Morgan fingerprint density at radius 3 is 2.29 bits per heavy atom. The number of nitrogens with zero attached hydrogens (tertiary/aromatic N) is 1. The number of amides is 1. The molecule has 0 aromatic heterocycles. The van der Waals surface area contributed by atoms with E-state index in [1.807, 2.05) is 14.0 Å². The predicted molar refractivity (Wildman–Crippen MR) is 60.0 cm³/mol. The van der Waals surface area contributed by atoms with Crippen LogP contribution in [0.1, 0.15) is 40.5 Å². The molecule has 0 radical (unpaired) electrons. The molecule has 1 unspecified atom stereocenters. The van der Waals surface area contributed by atoms with Crippen LogP contribution >= 0.6 is 0 Å². The van der Waals surface area contributed by atoms with Gasteiger partial charge in [-0.2, -0.15) is 0 Å². The van der Waals surface area contributed by atoms with Crippen molar-refractivity contribution >= 4 is 5.91 Å². The minimum Gasteiger partial charge on any atom is -0.346 e. The Balaban J connectivity index is 3.88. The van der Waals surface area contributed by atoms with Crippen LogP contribution in [0.4, 0.5) is 0 Å². The Hall–Kier alpha value is -0.570. The average Bonchev–Trinajstić information content (AvgIpc) is 1.96. The van der Waals surface area contributed by atoms with Crippen LogP contribution in [0.5, 0.6) is 0 Å². The number of hydrogen-bond acceptors (Lipinski definition) is 2. The SMILES string of the molecule is CC(N)CCN(C)C(=O)CC(C)(C)C. The molecule has 0 aliphatic heterocycles. The second kappa shape index (κ2) is 5.35. The van der Waals surface area contributed by atoms with Gasteiger partial charge < -0.3 is 10.6 Å².